The molecule has 1 unspecified atom stereocenters. The number of aromatic nitrogens is 1. The van der Waals surface area contributed by atoms with Gasteiger partial charge in [0.15, 0.2) is 5.60 Å². The van der Waals surface area contributed by atoms with Crippen molar-refractivity contribution in [3.05, 3.63) is 16.1 Å². The van der Waals surface area contributed by atoms with Gasteiger partial charge in [-0.15, -0.1) is 11.3 Å². The second kappa shape index (κ2) is 4.69. The summed E-state index contributed by atoms with van der Waals surface area (Å²) in [7, 11) is 0. The number of hydrogen-bond acceptors (Lipinski definition) is 5. The molecule has 0 fully saturated rings. The molecule has 0 radical (unpaired) electrons. The van der Waals surface area contributed by atoms with Crippen molar-refractivity contribution < 1.29 is 15.0 Å². The average Bonchev–Trinajstić information content (AvgIpc) is 2.51. The maximum Gasteiger partial charge on any atom is 0.336 e. The quantitative estimate of drug-likeness (QED) is 0.681. The molecule has 0 saturated heterocycles. The summed E-state index contributed by atoms with van der Waals surface area (Å²) < 4.78 is 0. The normalized spacial score (nSPS) is 14.9. The SMILES string of the molecule is Cc1ncc(CNCC(C)(O)C(=O)O)s1. The molecule has 84 valence electrons. The maximum absolute atomic E-state index is 10.6. The summed E-state index contributed by atoms with van der Waals surface area (Å²) >= 11 is 1.54. The Labute approximate surface area is 91.8 Å². The second-order valence-electron chi connectivity index (χ2n) is 3.53. The van der Waals surface area contributed by atoms with Crippen molar-refractivity contribution in [2.75, 3.05) is 6.54 Å². The predicted octanol–water partition coefficient (Wildman–Crippen LogP) is 0.377. The zero-order valence-corrected chi connectivity index (χ0v) is 9.47. The van der Waals surface area contributed by atoms with E-state index in [-0.39, 0.29) is 6.54 Å². The standard InChI is InChI=1S/C9H14N2O3S/c1-6-11-4-7(15-6)3-10-5-9(2,14)8(12)13/h4,10,14H,3,5H2,1-2H3,(H,12,13). The summed E-state index contributed by atoms with van der Waals surface area (Å²) in [6.45, 7) is 3.70. The van der Waals surface area contributed by atoms with E-state index in [0.29, 0.717) is 6.54 Å². The highest BCUT2D eigenvalue weighted by Gasteiger charge is 2.29. The highest BCUT2D eigenvalue weighted by Crippen LogP contribution is 2.11. The molecular formula is C9H14N2O3S. The lowest BCUT2D eigenvalue weighted by Gasteiger charge is -2.17. The number of aryl methyl sites for hydroxylation is 1. The Kier molecular flexibility index (Phi) is 3.78. The van der Waals surface area contributed by atoms with Gasteiger partial charge in [-0.1, -0.05) is 0 Å². The third-order valence-corrected chi connectivity index (χ3v) is 2.81. The lowest BCUT2D eigenvalue weighted by atomic mass is 10.1. The van der Waals surface area contributed by atoms with Crippen LogP contribution in [0.25, 0.3) is 0 Å². The van der Waals surface area contributed by atoms with E-state index < -0.39 is 11.6 Å². The van der Waals surface area contributed by atoms with Crippen LogP contribution in [0.2, 0.25) is 0 Å². The third-order valence-electron chi connectivity index (χ3n) is 1.90. The van der Waals surface area contributed by atoms with Crippen molar-refractivity contribution >= 4 is 17.3 Å². The molecule has 0 aliphatic carbocycles. The fourth-order valence-electron chi connectivity index (χ4n) is 0.992. The minimum atomic E-state index is -1.72. The van der Waals surface area contributed by atoms with Gasteiger partial charge < -0.3 is 15.5 Å². The number of carboxylic acid groups (broad SMARTS) is 1. The molecule has 0 aliphatic heterocycles. The minimum absolute atomic E-state index is 0.0132. The third kappa shape index (κ3) is 3.58. The fourth-order valence-corrected chi connectivity index (χ4v) is 1.76. The first-order valence-electron chi connectivity index (χ1n) is 4.49. The number of nitrogens with zero attached hydrogens (tertiary/aromatic N) is 1. The molecule has 0 bridgehead atoms. The average molecular weight is 230 g/mol. The number of carboxylic acids is 1. The topological polar surface area (TPSA) is 82.5 Å². The summed E-state index contributed by atoms with van der Waals surface area (Å²) in [5, 5.41) is 21.9. The predicted molar refractivity (Wildman–Crippen MR) is 56.8 cm³/mol. The largest absolute Gasteiger partial charge is 0.479 e. The van der Waals surface area contributed by atoms with Gasteiger partial charge in [-0.05, 0) is 13.8 Å². The number of thiazole rings is 1. The Morgan fingerprint density at radius 1 is 1.73 bits per heavy atom. The summed E-state index contributed by atoms with van der Waals surface area (Å²) in [6, 6.07) is 0. The number of nitrogens with one attached hydrogen (secondary N) is 1. The summed E-state index contributed by atoms with van der Waals surface area (Å²) in [6.07, 6.45) is 1.74. The number of aliphatic hydroxyl groups is 1. The molecule has 0 spiro atoms. The Morgan fingerprint density at radius 2 is 2.40 bits per heavy atom. The highest BCUT2D eigenvalue weighted by atomic mass is 32.1. The van der Waals surface area contributed by atoms with Crippen LogP contribution in [-0.4, -0.2) is 33.3 Å². The molecule has 0 saturated carbocycles. The minimum Gasteiger partial charge on any atom is -0.479 e. The monoisotopic (exact) mass is 230 g/mol. The Balaban J connectivity index is 2.36. The van der Waals surface area contributed by atoms with Crippen LogP contribution in [0.4, 0.5) is 0 Å². The molecule has 3 N–H and O–H groups in total. The number of hydrogen-bond donors (Lipinski definition) is 3. The molecule has 0 aromatic carbocycles. The summed E-state index contributed by atoms with van der Waals surface area (Å²) in [5.41, 5.74) is -1.72. The number of carbonyl (C=O) groups is 1. The fraction of sp³-hybridized carbons (Fsp3) is 0.556. The van der Waals surface area contributed by atoms with Gasteiger partial charge in [-0.25, -0.2) is 9.78 Å². The van der Waals surface area contributed by atoms with Crippen LogP contribution in [0.3, 0.4) is 0 Å². The van der Waals surface area contributed by atoms with Crippen molar-refractivity contribution in [3.63, 3.8) is 0 Å². The van der Waals surface area contributed by atoms with Crippen molar-refractivity contribution in [3.8, 4) is 0 Å². The van der Waals surface area contributed by atoms with E-state index in [2.05, 4.69) is 10.3 Å². The molecular weight excluding hydrogens is 216 g/mol. The van der Waals surface area contributed by atoms with Crippen LogP contribution in [0.15, 0.2) is 6.20 Å². The Morgan fingerprint density at radius 3 is 2.87 bits per heavy atom. The van der Waals surface area contributed by atoms with Crippen molar-refractivity contribution in [1.82, 2.24) is 10.3 Å². The van der Waals surface area contributed by atoms with Gasteiger partial charge in [0.1, 0.15) is 0 Å². The molecule has 5 nitrogen and oxygen atoms in total. The van der Waals surface area contributed by atoms with Crippen molar-refractivity contribution in [2.24, 2.45) is 0 Å². The van der Waals surface area contributed by atoms with E-state index in [0.717, 1.165) is 9.88 Å². The molecule has 1 aromatic heterocycles. The molecule has 1 aromatic rings. The Hall–Kier alpha value is -0.980. The summed E-state index contributed by atoms with van der Waals surface area (Å²) in [5.74, 6) is -1.23. The van der Waals surface area contributed by atoms with Crippen molar-refractivity contribution in [1.29, 1.82) is 0 Å². The van der Waals surface area contributed by atoms with Gasteiger partial charge in [0.05, 0.1) is 5.01 Å². The van der Waals surface area contributed by atoms with Crippen LogP contribution in [0, 0.1) is 6.92 Å². The lowest BCUT2D eigenvalue weighted by Crippen LogP contribution is -2.44. The van der Waals surface area contributed by atoms with Crippen LogP contribution in [0.5, 0.6) is 0 Å². The van der Waals surface area contributed by atoms with E-state index in [1.165, 1.54) is 6.92 Å². The first-order valence-corrected chi connectivity index (χ1v) is 5.31. The smallest absolute Gasteiger partial charge is 0.336 e. The van der Waals surface area contributed by atoms with Gasteiger partial charge in [0, 0.05) is 24.2 Å². The van der Waals surface area contributed by atoms with Crippen LogP contribution in [0.1, 0.15) is 16.8 Å². The van der Waals surface area contributed by atoms with E-state index in [1.54, 1.807) is 17.5 Å². The molecule has 1 atom stereocenters. The van der Waals surface area contributed by atoms with Gasteiger partial charge in [-0.2, -0.15) is 0 Å². The molecule has 1 heterocycles. The maximum atomic E-state index is 10.6. The molecule has 15 heavy (non-hydrogen) atoms. The first-order chi connectivity index (χ1) is 6.92. The van der Waals surface area contributed by atoms with Crippen LogP contribution in [-0.2, 0) is 11.3 Å². The molecule has 0 aliphatic rings. The molecule has 6 heteroatoms. The zero-order chi connectivity index (χ0) is 11.5. The van der Waals surface area contributed by atoms with Gasteiger partial charge in [0.2, 0.25) is 0 Å². The summed E-state index contributed by atoms with van der Waals surface area (Å²) in [4.78, 5) is 15.7. The molecule has 0 amide bonds. The van der Waals surface area contributed by atoms with Gasteiger partial charge in [-0.3, -0.25) is 0 Å². The van der Waals surface area contributed by atoms with E-state index in [9.17, 15) is 9.90 Å². The van der Waals surface area contributed by atoms with Gasteiger partial charge >= 0.3 is 5.97 Å². The van der Waals surface area contributed by atoms with Crippen LogP contribution < -0.4 is 5.32 Å². The molecule has 1 rings (SSSR count). The van der Waals surface area contributed by atoms with Crippen molar-refractivity contribution in [2.45, 2.75) is 26.0 Å². The zero-order valence-electron chi connectivity index (χ0n) is 8.65. The second-order valence-corrected chi connectivity index (χ2v) is 4.85. The van der Waals surface area contributed by atoms with E-state index in [4.69, 9.17) is 5.11 Å². The Bertz CT molecular complexity index is 349. The lowest BCUT2D eigenvalue weighted by molar-refractivity contribution is -0.156. The first kappa shape index (κ1) is 12.1. The number of aliphatic carboxylic acids is 1. The van der Waals surface area contributed by atoms with E-state index in [1.807, 2.05) is 6.92 Å². The highest BCUT2D eigenvalue weighted by molar-refractivity contribution is 7.11. The van der Waals surface area contributed by atoms with Crippen LogP contribution >= 0.6 is 11.3 Å². The van der Waals surface area contributed by atoms with E-state index >= 15 is 0 Å². The van der Waals surface area contributed by atoms with Gasteiger partial charge in [0.25, 0.3) is 0 Å². The number of rotatable bonds is 5.